The van der Waals surface area contributed by atoms with Gasteiger partial charge in [-0.2, -0.15) is 0 Å². The zero-order valence-corrected chi connectivity index (χ0v) is 11.9. The van der Waals surface area contributed by atoms with Gasteiger partial charge in [0.1, 0.15) is 11.0 Å². The number of carboxylic acid groups (broad SMARTS) is 1. The molecule has 0 aliphatic rings. The topological polar surface area (TPSA) is 68.0 Å². The molecule has 5 nitrogen and oxygen atoms in total. The average molecular weight is 302 g/mol. The summed E-state index contributed by atoms with van der Waals surface area (Å²) in [6.45, 7) is 1.94. The van der Waals surface area contributed by atoms with Crippen LogP contribution in [-0.4, -0.2) is 26.1 Å². The Morgan fingerprint density at radius 1 is 1.24 bits per heavy atom. The second-order valence-electron chi connectivity index (χ2n) is 4.74. The van der Waals surface area contributed by atoms with Gasteiger partial charge in [-0.05, 0) is 36.8 Å². The van der Waals surface area contributed by atoms with Crippen LogP contribution in [0.2, 0.25) is 5.02 Å². The summed E-state index contributed by atoms with van der Waals surface area (Å²) in [5, 5.41) is 18.1. The number of halogens is 1. The number of hydrogen-bond acceptors (Lipinski definition) is 3. The van der Waals surface area contributed by atoms with Crippen molar-refractivity contribution in [2.75, 3.05) is 0 Å². The highest BCUT2D eigenvalue weighted by Crippen LogP contribution is 2.25. The Balaban J connectivity index is 2.16. The molecule has 1 aromatic heterocycles. The van der Waals surface area contributed by atoms with Crippen LogP contribution in [0.1, 0.15) is 28.9 Å². The molecule has 1 atom stereocenters. The van der Waals surface area contributed by atoms with Crippen LogP contribution in [-0.2, 0) is 0 Å². The number of carbonyl (C=O) groups is 1. The minimum Gasteiger partial charge on any atom is -0.478 e. The first kappa shape index (κ1) is 13.6. The van der Waals surface area contributed by atoms with Gasteiger partial charge >= 0.3 is 5.97 Å². The van der Waals surface area contributed by atoms with E-state index >= 15 is 0 Å². The van der Waals surface area contributed by atoms with Gasteiger partial charge in [-0.1, -0.05) is 35.0 Å². The standard InChI is InChI=1S/C15H12ClN3O2/c1-9(10-5-7-11(16)8-6-10)19-14-12(15(20)21)3-2-4-13(14)17-18-19/h2-9H,1H3,(H,20,21). The van der Waals surface area contributed by atoms with Gasteiger partial charge in [0.05, 0.1) is 11.6 Å². The zero-order valence-electron chi connectivity index (χ0n) is 11.2. The van der Waals surface area contributed by atoms with E-state index in [-0.39, 0.29) is 11.6 Å². The summed E-state index contributed by atoms with van der Waals surface area (Å²) in [5.41, 5.74) is 2.26. The van der Waals surface area contributed by atoms with Crippen molar-refractivity contribution in [3.05, 3.63) is 58.6 Å². The Bertz CT molecular complexity index is 811. The van der Waals surface area contributed by atoms with E-state index in [2.05, 4.69) is 10.3 Å². The number of aromatic carboxylic acids is 1. The van der Waals surface area contributed by atoms with Gasteiger partial charge < -0.3 is 5.11 Å². The van der Waals surface area contributed by atoms with Gasteiger partial charge in [0, 0.05) is 5.02 Å². The molecule has 0 aliphatic heterocycles. The Hall–Kier alpha value is -2.40. The zero-order chi connectivity index (χ0) is 15.0. The molecule has 1 unspecified atom stereocenters. The monoisotopic (exact) mass is 301 g/mol. The van der Waals surface area contributed by atoms with E-state index in [4.69, 9.17) is 11.6 Å². The molecule has 0 saturated carbocycles. The van der Waals surface area contributed by atoms with E-state index in [9.17, 15) is 9.90 Å². The SMILES string of the molecule is CC(c1ccc(Cl)cc1)n1nnc2cccc(C(=O)O)c21. The number of fused-ring (bicyclic) bond motifs is 1. The van der Waals surface area contributed by atoms with Crippen LogP contribution in [0, 0.1) is 0 Å². The van der Waals surface area contributed by atoms with E-state index in [1.54, 1.807) is 35.0 Å². The molecule has 0 saturated heterocycles. The molecule has 3 rings (SSSR count). The summed E-state index contributed by atoms with van der Waals surface area (Å²) < 4.78 is 1.63. The Morgan fingerprint density at radius 3 is 2.62 bits per heavy atom. The highest BCUT2D eigenvalue weighted by Gasteiger charge is 2.18. The summed E-state index contributed by atoms with van der Waals surface area (Å²) >= 11 is 5.89. The van der Waals surface area contributed by atoms with Crippen LogP contribution in [0.4, 0.5) is 0 Å². The molecule has 0 aliphatic carbocycles. The van der Waals surface area contributed by atoms with Crippen molar-refractivity contribution in [3.8, 4) is 0 Å². The van der Waals surface area contributed by atoms with Crippen molar-refractivity contribution in [2.45, 2.75) is 13.0 Å². The highest BCUT2D eigenvalue weighted by molar-refractivity contribution is 6.30. The molecule has 106 valence electrons. The summed E-state index contributed by atoms with van der Waals surface area (Å²) in [7, 11) is 0. The van der Waals surface area contributed by atoms with Crippen LogP contribution >= 0.6 is 11.6 Å². The fourth-order valence-corrected chi connectivity index (χ4v) is 2.45. The lowest BCUT2D eigenvalue weighted by Gasteiger charge is -2.14. The largest absolute Gasteiger partial charge is 0.478 e. The predicted octanol–water partition coefficient (Wildman–Crippen LogP) is 3.39. The van der Waals surface area contributed by atoms with Crippen LogP contribution in [0.3, 0.4) is 0 Å². The number of rotatable bonds is 3. The van der Waals surface area contributed by atoms with Crippen molar-refractivity contribution >= 4 is 28.6 Å². The Kier molecular flexibility index (Phi) is 3.35. The molecule has 0 fully saturated rings. The lowest BCUT2D eigenvalue weighted by Crippen LogP contribution is -2.11. The van der Waals surface area contributed by atoms with Crippen LogP contribution < -0.4 is 0 Å². The first-order valence-corrected chi connectivity index (χ1v) is 6.78. The minimum atomic E-state index is -0.993. The number of aromatic nitrogens is 3. The predicted molar refractivity (Wildman–Crippen MR) is 79.8 cm³/mol. The maximum atomic E-state index is 11.4. The van der Waals surface area contributed by atoms with Gasteiger partial charge in [0.25, 0.3) is 0 Å². The van der Waals surface area contributed by atoms with Gasteiger partial charge in [0.2, 0.25) is 0 Å². The minimum absolute atomic E-state index is 0.146. The molecule has 0 bridgehead atoms. The molecule has 0 radical (unpaired) electrons. The van der Waals surface area contributed by atoms with E-state index < -0.39 is 5.97 Å². The third kappa shape index (κ3) is 2.36. The van der Waals surface area contributed by atoms with Crippen molar-refractivity contribution in [1.29, 1.82) is 0 Å². The molecule has 0 amide bonds. The fraction of sp³-hybridized carbons (Fsp3) is 0.133. The summed E-state index contributed by atoms with van der Waals surface area (Å²) in [6, 6.07) is 12.2. The fourth-order valence-electron chi connectivity index (χ4n) is 2.32. The van der Waals surface area contributed by atoms with E-state index in [1.807, 2.05) is 19.1 Å². The quantitative estimate of drug-likeness (QED) is 0.805. The number of para-hydroxylation sites is 1. The average Bonchev–Trinajstić information content (AvgIpc) is 2.91. The summed E-state index contributed by atoms with van der Waals surface area (Å²) in [5.74, 6) is -0.993. The molecular weight excluding hydrogens is 290 g/mol. The number of benzene rings is 2. The second kappa shape index (κ2) is 5.18. The van der Waals surface area contributed by atoms with Gasteiger partial charge in [-0.25, -0.2) is 9.48 Å². The normalized spacial score (nSPS) is 12.5. The third-order valence-corrected chi connectivity index (χ3v) is 3.69. The molecule has 2 aromatic carbocycles. The first-order chi connectivity index (χ1) is 10.1. The Labute approximate surface area is 125 Å². The molecule has 6 heteroatoms. The van der Waals surface area contributed by atoms with E-state index in [0.717, 1.165) is 5.56 Å². The maximum absolute atomic E-state index is 11.4. The summed E-state index contributed by atoms with van der Waals surface area (Å²) in [4.78, 5) is 11.4. The van der Waals surface area contributed by atoms with Crippen LogP contribution in [0.25, 0.3) is 11.0 Å². The molecule has 1 N–H and O–H groups in total. The van der Waals surface area contributed by atoms with Crippen molar-refractivity contribution in [2.24, 2.45) is 0 Å². The first-order valence-electron chi connectivity index (χ1n) is 6.40. The van der Waals surface area contributed by atoms with Gasteiger partial charge in [0.15, 0.2) is 0 Å². The highest BCUT2D eigenvalue weighted by atomic mass is 35.5. The molecule has 0 spiro atoms. The van der Waals surface area contributed by atoms with Crippen LogP contribution in [0.15, 0.2) is 42.5 Å². The number of hydrogen-bond donors (Lipinski definition) is 1. The summed E-state index contributed by atoms with van der Waals surface area (Å²) in [6.07, 6.45) is 0. The van der Waals surface area contributed by atoms with Gasteiger partial charge in [-0.3, -0.25) is 0 Å². The smallest absolute Gasteiger partial charge is 0.337 e. The molecule has 1 heterocycles. The van der Waals surface area contributed by atoms with E-state index in [0.29, 0.717) is 16.1 Å². The Morgan fingerprint density at radius 2 is 1.95 bits per heavy atom. The lowest BCUT2D eigenvalue weighted by atomic mass is 10.1. The third-order valence-electron chi connectivity index (χ3n) is 3.44. The molecular formula is C15H12ClN3O2. The van der Waals surface area contributed by atoms with Crippen molar-refractivity contribution in [3.63, 3.8) is 0 Å². The maximum Gasteiger partial charge on any atom is 0.337 e. The van der Waals surface area contributed by atoms with Crippen molar-refractivity contribution in [1.82, 2.24) is 15.0 Å². The van der Waals surface area contributed by atoms with Crippen molar-refractivity contribution < 1.29 is 9.90 Å². The second-order valence-corrected chi connectivity index (χ2v) is 5.18. The molecule has 21 heavy (non-hydrogen) atoms. The van der Waals surface area contributed by atoms with Crippen LogP contribution in [0.5, 0.6) is 0 Å². The van der Waals surface area contributed by atoms with Gasteiger partial charge in [-0.15, -0.1) is 5.10 Å². The number of nitrogens with zero attached hydrogens (tertiary/aromatic N) is 3. The lowest BCUT2D eigenvalue weighted by molar-refractivity contribution is 0.0698. The number of carboxylic acids is 1. The molecule has 3 aromatic rings. The van der Waals surface area contributed by atoms with E-state index in [1.165, 1.54) is 0 Å².